The lowest BCUT2D eigenvalue weighted by atomic mass is 10.1. The minimum Gasteiger partial charge on any atom is -0.336 e. The molecule has 2 amide bonds. The minimum absolute atomic E-state index is 0.00339. The number of rotatable bonds is 2. The van der Waals surface area contributed by atoms with Crippen LogP contribution >= 0.6 is 0 Å². The lowest BCUT2D eigenvalue weighted by molar-refractivity contribution is 0.0657. The van der Waals surface area contributed by atoms with Crippen LogP contribution in [0.25, 0.3) is 0 Å². The molecule has 7 nitrogen and oxygen atoms in total. The quantitative estimate of drug-likeness (QED) is 0.790. The summed E-state index contributed by atoms with van der Waals surface area (Å²) in [6, 6.07) is 0. The lowest BCUT2D eigenvalue weighted by Gasteiger charge is -2.32. The van der Waals surface area contributed by atoms with Crippen LogP contribution in [-0.4, -0.2) is 82.4 Å². The second-order valence-corrected chi connectivity index (χ2v) is 8.14. The largest absolute Gasteiger partial charge is 0.336 e. The van der Waals surface area contributed by atoms with Gasteiger partial charge in [-0.2, -0.15) is 0 Å². The summed E-state index contributed by atoms with van der Waals surface area (Å²) in [5.41, 5.74) is 1.50. The van der Waals surface area contributed by atoms with Crippen LogP contribution in [0.15, 0.2) is 0 Å². The SMILES string of the molecule is CN1CCN(C(=O)c2nc(C(=O)N3CCCCCC3)n3c2CCCC3)CC1. The van der Waals surface area contributed by atoms with E-state index in [0.717, 1.165) is 83.6 Å². The van der Waals surface area contributed by atoms with Gasteiger partial charge in [-0.15, -0.1) is 0 Å². The first-order valence-corrected chi connectivity index (χ1v) is 10.5. The van der Waals surface area contributed by atoms with Crippen LogP contribution in [0.5, 0.6) is 0 Å². The van der Waals surface area contributed by atoms with Crippen molar-refractivity contribution in [3.8, 4) is 0 Å². The lowest BCUT2D eigenvalue weighted by Crippen LogP contribution is -2.47. The number of carbonyl (C=O) groups is 2. The van der Waals surface area contributed by atoms with Crippen LogP contribution in [0.2, 0.25) is 0 Å². The Morgan fingerprint density at radius 1 is 0.741 bits per heavy atom. The number of amides is 2. The molecule has 4 heterocycles. The number of hydrogen-bond donors (Lipinski definition) is 0. The fourth-order valence-corrected chi connectivity index (χ4v) is 4.45. The second-order valence-electron chi connectivity index (χ2n) is 8.14. The summed E-state index contributed by atoms with van der Waals surface area (Å²) < 4.78 is 2.04. The van der Waals surface area contributed by atoms with Crippen molar-refractivity contribution in [3.63, 3.8) is 0 Å². The Balaban J connectivity index is 1.61. The number of fused-ring (bicyclic) bond motifs is 1. The molecule has 0 N–H and O–H groups in total. The Bertz CT molecular complexity index is 697. The molecule has 27 heavy (non-hydrogen) atoms. The van der Waals surface area contributed by atoms with Gasteiger partial charge in [0.15, 0.2) is 5.82 Å². The molecule has 0 atom stereocenters. The van der Waals surface area contributed by atoms with Crippen molar-refractivity contribution in [2.24, 2.45) is 0 Å². The molecule has 4 rings (SSSR count). The maximum atomic E-state index is 13.2. The predicted octanol–water partition coefficient (Wildman–Crippen LogP) is 1.62. The Morgan fingerprint density at radius 2 is 1.37 bits per heavy atom. The first-order chi connectivity index (χ1) is 13.1. The molecule has 2 saturated heterocycles. The molecule has 148 valence electrons. The van der Waals surface area contributed by atoms with Crippen LogP contribution < -0.4 is 0 Å². The molecule has 7 heteroatoms. The van der Waals surface area contributed by atoms with E-state index in [1.807, 2.05) is 14.4 Å². The number of likely N-dealkylation sites (N-methyl/N-ethyl adjacent to an activating group) is 1. The molecule has 0 spiro atoms. The van der Waals surface area contributed by atoms with Gasteiger partial charge >= 0.3 is 0 Å². The van der Waals surface area contributed by atoms with E-state index in [2.05, 4.69) is 16.9 Å². The van der Waals surface area contributed by atoms with Crippen LogP contribution in [0, 0.1) is 0 Å². The maximum absolute atomic E-state index is 13.2. The van der Waals surface area contributed by atoms with Crippen molar-refractivity contribution in [1.82, 2.24) is 24.3 Å². The van der Waals surface area contributed by atoms with Crippen molar-refractivity contribution in [2.75, 3.05) is 46.3 Å². The van der Waals surface area contributed by atoms with Gasteiger partial charge in [0.25, 0.3) is 11.8 Å². The number of imidazole rings is 1. The third-order valence-corrected chi connectivity index (χ3v) is 6.20. The average molecular weight is 374 g/mol. The van der Waals surface area contributed by atoms with E-state index in [-0.39, 0.29) is 11.8 Å². The van der Waals surface area contributed by atoms with Gasteiger partial charge in [-0.3, -0.25) is 9.59 Å². The zero-order valence-corrected chi connectivity index (χ0v) is 16.5. The average Bonchev–Trinajstić information content (AvgIpc) is 2.87. The Kier molecular flexibility index (Phi) is 5.48. The van der Waals surface area contributed by atoms with Gasteiger partial charge in [-0.25, -0.2) is 4.98 Å². The van der Waals surface area contributed by atoms with E-state index in [0.29, 0.717) is 11.5 Å². The summed E-state index contributed by atoms with van der Waals surface area (Å²) in [6.45, 7) is 5.66. The molecule has 0 saturated carbocycles. The summed E-state index contributed by atoms with van der Waals surface area (Å²) >= 11 is 0. The Morgan fingerprint density at radius 3 is 2.07 bits per heavy atom. The number of likely N-dealkylation sites (tertiary alicyclic amines) is 1. The summed E-state index contributed by atoms with van der Waals surface area (Å²) in [4.78, 5) is 37.1. The standard InChI is InChI=1S/C20H31N5O2/c1-22-12-14-24(15-13-22)19(26)17-16-8-4-7-11-25(16)18(21-17)20(27)23-9-5-2-3-6-10-23/h2-15H2,1H3. The molecule has 0 unspecified atom stereocenters. The van der Waals surface area contributed by atoms with E-state index in [9.17, 15) is 9.59 Å². The predicted molar refractivity (Wildman–Crippen MR) is 103 cm³/mol. The van der Waals surface area contributed by atoms with E-state index in [1.54, 1.807) is 0 Å². The number of carbonyl (C=O) groups excluding carboxylic acids is 2. The molecule has 1 aromatic heterocycles. The van der Waals surface area contributed by atoms with Gasteiger partial charge in [0.05, 0.1) is 5.69 Å². The van der Waals surface area contributed by atoms with Gasteiger partial charge in [0.2, 0.25) is 0 Å². The zero-order chi connectivity index (χ0) is 18.8. The highest BCUT2D eigenvalue weighted by molar-refractivity contribution is 5.97. The molecule has 1 aromatic rings. The third-order valence-electron chi connectivity index (χ3n) is 6.20. The maximum Gasteiger partial charge on any atom is 0.289 e. The highest BCUT2D eigenvalue weighted by atomic mass is 16.2. The number of aromatic nitrogens is 2. The summed E-state index contributed by atoms with van der Waals surface area (Å²) in [5.74, 6) is 0.505. The third kappa shape index (κ3) is 3.74. The Labute approximate surface area is 161 Å². The van der Waals surface area contributed by atoms with Crippen molar-refractivity contribution >= 4 is 11.8 Å². The highest BCUT2D eigenvalue weighted by Gasteiger charge is 2.32. The van der Waals surface area contributed by atoms with Gasteiger partial charge in [-0.1, -0.05) is 12.8 Å². The molecular formula is C20H31N5O2. The molecule has 0 aromatic carbocycles. The highest BCUT2D eigenvalue weighted by Crippen LogP contribution is 2.24. The van der Waals surface area contributed by atoms with Crippen LogP contribution in [-0.2, 0) is 13.0 Å². The van der Waals surface area contributed by atoms with E-state index < -0.39 is 0 Å². The summed E-state index contributed by atoms with van der Waals surface area (Å²) in [6.07, 6.45) is 7.46. The number of nitrogens with zero attached hydrogens (tertiary/aromatic N) is 5. The molecule has 0 bridgehead atoms. The molecule has 3 aliphatic rings. The summed E-state index contributed by atoms with van der Waals surface area (Å²) in [5, 5.41) is 0. The molecule has 0 radical (unpaired) electrons. The van der Waals surface area contributed by atoms with E-state index >= 15 is 0 Å². The minimum atomic E-state index is 0.00339. The smallest absolute Gasteiger partial charge is 0.289 e. The van der Waals surface area contributed by atoms with Gasteiger partial charge in [-0.05, 0) is 39.2 Å². The van der Waals surface area contributed by atoms with Crippen LogP contribution in [0.3, 0.4) is 0 Å². The van der Waals surface area contributed by atoms with E-state index in [1.165, 1.54) is 12.8 Å². The topological polar surface area (TPSA) is 61.7 Å². The Hall–Kier alpha value is -1.89. The van der Waals surface area contributed by atoms with Crippen LogP contribution in [0.1, 0.15) is 65.3 Å². The van der Waals surface area contributed by atoms with Crippen molar-refractivity contribution < 1.29 is 9.59 Å². The molecule has 3 aliphatic heterocycles. The second kappa shape index (κ2) is 8.00. The first-order valence-electron chi connectivity index (χ1n) is 10.5. The summed E-state index contributed by atoms with van der Waals surface area (Å²) in [7, 11) is 2.08. The number of hydrogen-bond acceptors (Lipinski definition) is 4. The zero-order valence-electron chi connectivity index (χ0n) is 16.5. The van der Waals surface area contributed by atoms with Gasteiger partial charge in [0, 0.05) is 45.8 Å². The van der Waals surface area contributed by atoms with Crippen molar-refractivity contribution in [3.05, 3.63) is 17.2 Å². The van der Waals surface area contributed by atoms with Crippen molar-refractivity contribution in [1.29, 1.82) is 0 Å². The van der Waals surface area contributed by atoms with Gasteiger partial charge in [0.1, 0.15) is 5.69 Å². The fourth-order valence-electron chi connectivity index (χ4n) is 4.45. The normalized spacial score (nSPS) is 21.7. The molecular weight excluding hydrogens is 342 g/mol. The van der Waals surface area contributed by atoms with Crippen molar-refractivity contribution in [2.45, 2.75) is 51.5 Å². The monoisotopic (exact) mass is 373 g/mol. The van der Waals surface area contributed by atoms with Gasteiger partial charge < -0.3 is 19.3 Å². The fraction of sp³-hybridized carbons (Fsp3) is 0.750. The first kappa shape index (κ1) is 18.5. The van der Waals surface area contributed by atoms with E-state index in [4.69, 9.17) is 0 Å². The molecule has 2 fully saturated rings. The van der Waals surface area contributed by atoms with Crippen LogP contribution in [0.4, 0.5) is 0 Å². The number of piperazine rings is 1. The molecule has 0 aliphatic carbocycles.